The summed E-state index contributed by atoms with van der Waals surface area (Å²) in [6.07, 6.45) is -4.42. The fraction of sp³-hybridized carbons (Fsp3) is 0.143. The molecule has 100 valence electrons. The minimum atomic E-state index is -4.42. The zero-order valence-electron chi connectivity index (χ0n) is 9.96. The maximum Gasteiger partial charge on any atom is 0.416 e. The lowest BCUT2D eigenvalue weighted by Crippen LogP contribution is -2.04. The van der Waals surface area contributed by atoms with Gasteiger partial charge in [-0.15, -0.1) is 0 Å². The van der Waals surface area contributed by atoms with Gasteiger partial charge in [0.05, 0.1) is 5.56 Å². The minimum Gasteiger partial charge on any atom is -0.457 e. The van der Waals surface area contributed by atoms with E-state index >= 15 is 0 Å². The topological polar surface area (TPSA) is 9.23 Å². The summed E-state index contributed by atoms with van der Waals surface area (Å²) in [4.78, 5) is 0. The van der Waals surface area contributed by atoms with Gasteiger partial charge in [0, 0.05) is 0 Å². The molecule has 0 amide bonds. The first-order valence-electron chi connectivity index (χ1n) is 5.47. The van der Waals surface area contributed by atoms with E-state index in [1.54, 1.807) is 6.92 Å². The first-order valence-corrected chi connectivity index (χ1v) is 5.47. The van der Waals surface area contributed by atoms with Crippen molar-refractivity contribution in [3.05, 3.63) is 59.4 Å². The summed E-state index contributed by atoms with van der Waals surface area (Å²) < 4.78 is 55.8. The molecule has 0 atom stereocenters. The third kappa shape index (κ3) is 3.24. The molecule has 0 saturated carbocycles. The number of hydrogen-bond acceptors (Lipinski definition) is 1. The van der Waals surface area contributed by atoms with Gasteiger partial charge in [-0.05, 0) is 48.9 Å². The maximum absolute atomic E-state index is 12.9. The van der Waals surface area contributed by atoms with Crippen LogP contribution in [0, 0.1) is 12.7 Å². The largest absolute Gasteiger partial charge is 0.457 e. The summed E-state index contributed by atoms with van der Waals surface area (Å²) >= 11 is 0. The second-order valence-corrected chi connectivity index (χ2v) is 4.04. The highest BCUT2D eigenvalue weighted by atomic mass is 19.4. The second-order valence-electron chi connectivity index (χ2n) is 4.04. The normalized spacial score (nSPS) is 11.4. The molecule has 2 rings (SSSR count). The summed E-state index contributed by atoms with van der Waals surface area (Å²) in [6, 6.07) is 8.37. The second kappa shape index (κ2) is 4.91. The Morgan fingerprint density at radius 1 is 1.00 bits per heavy atom. The van der Waals surface area contributed by atoms with Gasteiger partial charge in [-0.2, -0.15) is 13.2 Å². The molecule has 0 aromatic heterocycles. The van der Waals surface area contributed by atoms with Crippen LogP contribution in [-0.2, 0) is 6.18 Å². The van der Waals surface area contributed by atoms with Gasteiger partial charge in [-0.1, -0.05) is 6.07 Å². The SMILES string of the molecule is Cc1cc(F)ccc1Oc1cccc(C(F)(F)F)c1. The van der Waals surface area contributed by atoms with E-state index in [4.69, 9.17) is 4.74 Å². The highest BCUT2D eigenvalue weighted by Gasteiger charge is 2.30. The van der Waals surface area contributed by atoms with Crippen LogP contribution < -0.4 is 4.74 Å². The van der Waals surface area contributed by atoms with Crippen molar-refractivity contribution < 1.29 is 22.3 Å². The average molecular weight is 270 g/mol. The van der Waals surface area contributed by atoms with Crippen molar-refractivity contribution in [2.75, 3.05) is 0 Å². The van der Waals surface area contributed by atoms with Crippen LogP contribution in [0.1, 0.15) is 11.1 Å². The van der Waals surface area contributed by atoms with E-state index in [2.05, 4.69) is 0 Å². The van der Waals surface area contributed by atoms with Crippen LogP contribution in [0.15, 0.2) is 42.5 Å². The molecule has 5 heteroatoms. The summed E-state index contributed by atoms with van der Waals surface area (Å²) in [5, 5.41) is 0. The van der Waals surface area contributed by atoms with Gasteiger partial charge in [0.15, 0.2) is 0 Å². The summed E-state index contributed by atoms with van der Waals surface area (Å²) in [7, 11) is 0. The Balaban J connectivity index is 2.29. The number of halogens is 4. The van der Waals surface area contributed by atoms with E-state index < -0.39 is 17.6 Å². The van der Waals surface area contributed by atoms with Crippen molar-refractivity contribution in [2.45, 2.75) is 13.1 Å². The highest BCUT2D eigenvalue weighted by molar-refractivity contribution is 5.39. The summed E-state index contributed by atoms with van der Waals surface area (Å²) in [5.74, 6) is -0.0425. The average Bonchev–Trinajstić information content (AvgIpc) is 2.32. The van der Waals surface area contributed by atoms with E-state index in [0.29, 0.717) is 11.3 Å². The number of alkyl halides is 3. The van der Waals surface area contributed by atoms with Crippen molar-refractivity contribution in [1.29, 1.82) is 0 Å². The van der Waals surface area contributed by atoms with Crippen LogP contribution >= 0.6 is 0 Å². The molecule has 0 aliphatic heterocycles. The van der Waals surface area contributed by atoms with Crippen molar-refractivity contribution >= 4 is 0 Å². The molecule has 0 aliphatic carbocycles. The van der Waals surface area contributed by atoms with Gasteiger partial charge in [0.25, 0.3) is 0 Å². The van der Waals surface area contributed by atoms with E-state index in [1.807, 2.05) is 0 Å². The zero-order chi connectivity index (χ0) is 14.0. The number of hydrogen-bond donors (Lipinski definition) is 0. The van der Waals surface area contributed by atoms with Gasteiger partial charge in [0.2, 0.25) is 0 Å². The van der Waals surface area contributed by atoms with Crippen molar-refractivity contribution in [1.82, 2.24) is 0 Å². The molecule has 0 N–H and O–H groups in total. The number of ether oxygens (including phenoxy) is 1. The Hall–Kier alpha value is -2.04. The van der Waals surface area contributed by atoms with E-state index in [9.17, 15) is 17.6 Å². The Labute approximate surface area is 107 Å². The lowest BCUT2D eigenvalue weighted by molar-refractivity contribution is -0.137. The number of benzene rings is 2. The Kier molecular flexibility index (Phi) is 3.46. The van der Waals surface area contributed by atoms with Gasteiger partial charge >= 0.3 is 6.18 Å². The maximum atomic E-state index is 12.9. The first kappa shape index (κ1) is 13.4. The first-order chi connectivity index (χ1) is 8.86. The molecule has 2 aromatic carbocycles. The predicted octanol–water partition coefficient (Wildman–Crippen LogP) is 4.95. The molecule has 0 bridgehead atoms. The molecule has 0 spiro atoms. The molecule has 2 aromatic rings. The van der Waals surface area contributed by atoms with Crippen LogP contribution in [0.5, 0.6) is 11.5 Å². The standard InChI is InChI=1S/C14H10F4O/c1-9-7-11(15)5-6-13(9)19-12-4-2-3-10(8-12)14(16,17)18/h2-8H,1H3. The van der Waals surface area contributed by atoms with Gasteiger partial charge in [-0.3, -0.25) is 0 Å². The van der Waals surface area contributed by atoms with Crippen LogP contribution in [0.25, 0.3) is 0 Å². The molecule has 19 heavy (non-hydrogen) atoms. The molecule has 0 fully saturated rings. The molecule has 0 unspecified atom stereocenters. The molecular weight excluding hydrogens is 260 g/mol. The monoisotopic (exact) mass is 270 g/mol. The van der Waals surface area contributed by atoms with Crippen LogP contribution in [0.4, 0.5) is 17.6 Å². The Morgan fingerprint density at radius 3 is 2.37 bits per heavy atom. The lowest BCUT2D eigenvalue weighted by Gasteiger charge is -2.11. The molecule has 0 heterocycles. The third-order valence-electron chi connectivity index (χ3n) is 2.53. The summed E-state index contributed by atoms with van der Waals surface area (Å²) in [5.41, 5.74) is -0.276. The van der Waals surface area contributed by atoms with Crippen molar-refractivity contribution in [2.24, 2.45) is 0 Å². The zero-order valence-corrected chi connectivity index (χ0v) is 9.96. The smallest absolute Gasteiger partial charge is 0.416 e. The van der Waals surface area contributed by atoms with E-state index in [-0.39, 0.29) is 5.75 Å². The predicted molar refractivity (Wildman–Crippen MR) is 62.7 cm³/mol. The fourth-order valence-electron chi connectivity index (χ4n) is 1.59. The van der Waals surface area contributed by atoms with E-state index in [1.165, 1.54) is 30.3 Å². The lowest BCUT2D eigenvalue weighted by atomic mass is 10.2. The fourth-order valence-corrected chi connectivity index (χ4v) is 1.59. The number of rotatable bonds is 2. The van der Waals surface area contributed by atoms with Gasteiger partial charge < -0.3 is 4.74 Å². The van der Waals surface area contributed by atoms with Crippen LogP contribution in [0.3, 0.4) is 0 Å². The molecule has 0 saturated heterocycles. The van der Waals surface area contributed by atoms with Crippen LogP contribution in [-0.4, -0.2) is 0 Å². The molecular formula is C14H10F4O. The third-order valence-corrected chi connectivity index (χ3v) is 2.53. The van der Waals surface area contributed by atoms with Crippen LogP contribution in [0.2, 0.25) is 0 Å². The number of aryl methyl sites for hydroxylation is 1. The minimum absolute atomic E-state index is 0.0598. The Bertz CT molecular complexity index is 590. The van der Waals surface area contributed by atoms with E-state index in [0.717, 1.165) is 12.1 Å². The van der Waals surface area contributed by atoms with Gasteiger partial charge in [0.1, 0.15) is 17.3 Å². The van der Waals surface area contributed by atoms with Gasteiger partial charge in [-0.25, -0.2) is 4.39 Å². The summed E-state index contributed by atoms with van der Waals surface area (Å²) in [6.45, 7) is 1.62. The van der Waals surface area contributed by atoms with Crippen molar-refractivity contribution in [3.63, 3.8) is 0 Å². The quantitative estimate of drug-likeness (QED) is 0.702. The molecule has 0 aliphatic rings. The molecule has 1 nitrogen and oxygen atoms in total. The van der Waals surface area contributed by atoms with Crippen molar-refractivity contribution in [3.8, 4) is 11.5 Å². The Morgan fingerprint density at radius 2 is 1.74 bits per heavy atom. The molecule has 0 radical (unpaired) electrons. The highest BCUT2D eigenvalue weighted by Crippen LogP contribution is 2.33.